The SMILES string of the molecule is CN(Cc1csc(N)n1)c1nc(Cl)nc(CNC(=O)[C@H](CC2CCCC2)CN(O)C=O)c1F. The molecule has 0 radical (unpaired) electrons. The van der Waals surface area contributed by atoms with E-state index in [1.165, 1.54) is 16.2 Å². The van der Waals surface area contributed by atoms with E-state index in [-0.39, 0.29) is 42.8 Å². The highest BCUT2D eigenvalue weighted by Crippen LogP contribution is 2.31. The van der Waals surface area contributed by atoms with Crippen LogP contribution in [-0.2, 0) is 22.7 Å². The van der Waals surface area contributed by atoms with Crippen molar-refractivity contribution in [3.05, 3.63) is 27.9 Å². The lowest BCUT2D eigenvalue weighted by molar-refractivity contribution is -0.155. The van der Waals surface area contributed by atoms with Gasteiger partial charge >= 0.3 is 0 Å². The van der Waals surface area contributed by atoms with Crippen molar-refractivity contribution < 1.29 is 19.2 Å². The number of aromatic nitrogens is 3. The Kier molecular flexibility index (Phi) is 8.75. The molecular formula is C20H27ClFN7O3S. The predicted octanol–water partition coefficient (Wildman–Crippen LogP) is 2.60. The summed E-state index contributed by atoms with van der Waals surface area (Å²) < 4.78 is 15.1. The van der Waals surface area contributed by atoms with Crippen molar-refractivity contribution >= 4 is 46.2 Å². The second-order valence-electron chi connectivity index (χ2n) is 8.14. The maximum absolute atomic E-state index is 15.1. The van der Waals surface area contributed by atoms with Crippen LogP contribution in [0, 0.1) is 17.7 Å². The maximum atomic E-state index is 15.1. The van der Waals surface area contributed by atoms with Gasteiger partial charge in [-0.15, -0.1) is 11.3 Å². The second kappa shape index (κ2) is 11.5. The highest BCUT2D eigenvalue weighted by molar-refractivity contribution is 7.13. The minimum Gasteiger partial charge on any atom is -0.375 e. The Morgan fingerprint density at radius 1 is 1.42 bits per heavy atom. The highest BCUT2D eigenvalue weighted by Gasteiger charge is 2.27. The molecular weight excluding hydrogens is 473 g/mol. The van der Waals surface area contributed by atoms with Gasteiger partial charge in [0, 0.05) is 12.4 Å². The highest BCUT2D eigenvalue weighted by atomic mass is 35.5. The molecule has 4 N–H and O–H groups in total. The summed E-state index contributed by atoms with van der Waals surface area (Å²) in [6, 6.07) is 0. The van der Waals surface area contributed by atoms with Gasteiger partial charge in [-0.2, -0.15) is 4.98 Å². The number of hydrogen-bond acceptors (Lipinski definition) is 9. The van der Waals surface area contributed by atoms with Crippen molar-refractivity contribution in [3.8, 4) is 0 Å². The maximum Gasteiger partial charge on any atom is 0.233 e. The van der Waals surface area contributed by atoms with Crippen LogP contribution in [0.5, 0.6) is 0 Å². The van der Waals surface area contributed by atoms with Gasteiger partial charge in [-0.05, 0) is 23.9 Å². The fourth-order valence-corrected chi connectivity index (χ4v) is 4.77. The van der Waals surface area contributed by atoms with E-state index in [4.69, 9.17) is 17.3 Å². The van der Waals surface area contributed by atoms with Crippen LogP contribution in [0.15, 0.2) is 5.38 Å². The van der Waals surface area contributed by atoms with Crippen LogP contribution in [-0.4, -0.2) is 51.1 Å². The number of hydrogen-bond donors (Lipinski definition) is 3. The second-order valence-corrected chi connectivity index (χ2v) is 9.37. The number of nitrogens with two attached hydrogens (primary N) is 1. The first kappa shape index (κ1) is 25.1. The molecule has 1 atom stereocenters. The van der Waals surface area contributed by atoms with Gasteiger partial charge in [-0.3, -0.25) is 14.8 Å². The Labute approximate surface area is 199 Å². The molecule has 2 aromatic heterocycles. The number of anilines is 2. The summed E-state index contributed by atoms with van der Waals surface area (Å²) in [7, 11) is 1.63. The van der Waals surface area contributed by atoms with Gasteiger partial charge < -0.3 is 16.0 Å². The molecule has 3 rings (SSSR count). The van der Waals surface area contributed by atoms with E-state index in [0.29, 0.717) is 28.2 Å². The molecule has 0 aliphatic heterocycles. The molecule has 1 saturated carbocycles. The molecule has 2 aromatic rings. The van der Waals surface area contributed by atoms with E-state index >= 15 is 4.39 Å². The molecule has 180 valence electrons. The Morgan fingerprint density at radius 3 is 2.79 bits per heavy atom. The van der Waals surface area contributed by atoms with Crippen LogP contribution in [0.1, 0.15) is 43.5 Å². The number of carbonyl (C=O) groups is 2. The van der Waals surface area contributed by atoms with Gasteiger partial charge in [0.1, 0.15) is 5.69 Å². The van der Waals surface area contributed by atoms with Crippen LogP contribution >= 0.6 is 22.9 Å². The Hall–Kier alpha value is -2.57. The molecule has 1 aliphatic carbocycles. The number of nitrogens with one attached hydrogen (secondary N) is 1. The summed E-state index contributed by atoms with van der Waals surface area (Å²) in [5.41, 5.74) is 6.23. The summed E-state index contributed by atoms with van der Waals surface area (Å²) in [5.74, 6) is -1.41. The normalized spacial score (nSPS) is 14.8. The third kappa shape index (κ3) is 6.95. The molecule has 0 unspecified atom stereocenters. The Morgan fingerprint density at radius 2 is 2.15 bits per heavy atom. The molecule has 33 heavy (non-hydrogen) atoms. The minimum atomic E-state index is -0.713. The summed E-state index contributed by atoms with van der Waals surface area (Å²) in [6.07, 6.45) is 5.01. The third-order valence-electron chi connectivity index (χ3n) is 5.63. The molecule has 2 heterocycles. The van der Waals surface area contributed by atoms with Crippen LogP contribution in [0.25, 0.3) is 0 Å². The van der Waals surface area contributed by atoms with Gasteiger partial charge in [0.2, 0.25) is 17.6 Å². The van der Waals surface area contributed by atoms with Gasteiger partial charge in [0.05, 0.1) is 31.2 Å². The molecule has 0 bridgehead atoms. The zero-order valence-corrected chi connectivity index (χ0v) is 19.8. The first-order valence-electron chi connectivity index (χ1n) is 10.6. The van der Waals surface area contributed by atoms with Crippen molar-refractivity contribution in [3.63, 3.8) is 0 Å². The number of carbonyl (C=O) groups excluding carboxylic acids is 2. The van der Waals surface area contributed by atoms with E-state index in [2.05, 4.69) is 20.3 Å². The van der Waals surface area contributed by atoms with E-state index in [9.17, 15) is 14.8 Å². The molecule has 1 aliphatic rings. The summed E-state index contributed by atoms with van der Waals surface area (Å²) in [6.45, 7) is -0.0973. The van der Waals surface area contributed by atoms with E-state index in [0.717, 1.165) is 25.7 Å². The summed E-state index contributed by atoms with van der Waals surface area (Å²) >= 11 is 7.29. The lowest BCUT2D eigenvalue weighted by Gasteiger charge is -2.22. The number of thiazole rings is 1. The zero-order chi connectivity index (χ0) is 24.0. The van der Waals surface area contributed by atoms with Gasteiger partial charge in [-0.1, -0.05) is 25.7 Å². The molecule has 1 fully saturated rings. The number of halogens is 2. The zero-order valence-electron chi connectivity index (χ0n) is 18.2. The quantitative estimate of drug-likeness (QED) is 0.186. The summed E-state index contributed by atoms with van der Waals surface area (Å²) in [5, 5.41) is 14.7. The number of nitrogen functional groups attached to an aromatic ring is 1. The molecule has 0 saturated heterocycles. The lowest BCUT2D eigenvalue weighted by Crippen LogP contribution is -2.38. The molecule has 10 nitrogen and oxygen atoms in total. The van der Waals surface area contributed by atoms with Crippen LogP contribution in [0.2, 0.25) is 5.28 Å². The van der Waals surface area contributed by atoms with Crippen LogP contribution in [0.3, 0.4) is 0 Å². The first-order valence-corrected chi connectivity index (χ1v) is 11.8. The van der Waals surface area contributed by atoms with Crippen molar-refractivity contribution in [2.45, 2.75) is 45.2 Å². The topological polar surface area (TPSA) is 138 Å². The monoisotopic (exact) mass is 499 g/mol. The number of hydroxylamine groups is 2. The molecule has 13 heteroatoms. The smallest absolute Gasteiger partial charge is 0.233 e. The van der Waals surface area contributed by atoms with Crippen molar-refractivity contribution in [2.75, 3.05) is 24.2 Å². The lowest BCUT2D eigenvalue weighted by atomic mass is 9.92. The predicted molar refractivity (Wildman–Crippen MR) is 122 cm³/mol. The molecule has 0 aromatic carbocycles. The fraction of sp³-hybridized carbons (Fsp3) is 0.550. The Balaban J connectivity index is 1.69. The fourth-order valence-electron chi connectivity index (χ4n) is 4.03. The minimum absolute atomic E-state index is 0.0317. The van der Waals surface area contributed by atoms with Crippen LogP contribution in [0.4, 0.5) is 15.3 Å². The van der Waals surface area contributed by atoms with Gasteiger partial charge in [0.25, 0.3) is 0 Å². The number of rotatable bonds is 11. The van der Waals surface area contributed by atoms with E-state index < -0.39 is 17.6 Å². The van der Waals surface area contributed by atoms with Crippen molar-refractivity contribution in [2.24, 2.45) is 11.8 Å². The standard InChI is InChI=1S/C20H27ClFN7O3S/c1-28(9-14-10-33-20(23)25-14)17-16(22)15(26-19(21)27-17)7-24-18(31)13(8-29(32)11-30)6-12-4-2-3-5-12/h10-13,32H,2-9H2,1H3,(H2,23,25)(H,24,31)/t13-/m1/s1. The van der Waals surface area contributed by atoms with E-state index in [1.807, 2.05) is 0 Å². The number of amides is 2. The van der Waals surface area contributed by atoms with Gasteiger partial charge in [-0.25, -0.2) is 19.4 Å². The van der Waals surface area contributed by atoms with Crippen molar-refractivity contribution in [1.82, 2.24) is 25.3 Å². The summed E-state index contributed by atoms with van der Waals surface area (Å²) in [4.78, 5) is 37.2. The largest absolute Gasteiger partial charge is 0.375 e. The molecule has 0 spiro atoms. The van der Waals surface area contributed by atoms with Crippen molar-refractivity contribution in [1.29, 1.82) is 0 Å². The van der Waals surface area contributed by atoms with Crippen LogP contribution < -0.4 is 16.0 Å². The van der Waals surface area contributed by atoms with Gasteiger partial charge in [0.15, 0.2) is 16.8 Å². The first-order chi connectivity index (χ1) is 15.8. The number of nitrogens with zero attached hydrogens (tertiary/aromatic N) is 5. The Bertz CT molecular complexity index is 973. The average Bonchev–Trinajstić information content (AvgIpc) is 3.44. The molecule has 2 amide bonds. The third-order valence-corrected chi connectivity index (χ3v) is 6.52. The average molecular weight is 500 g/mol. The van der Waals surface area contributed by atoms with E-state index in [1.54, 1.807) is 12.4 Å².